The molecule has 0 aliphatic heterocycles. The largest absolute Gasteiger partial charge is 0.550 e. The second-order valence-corrected chi connectivity index (χ2v) is 10.1. The van der Waals surface area contributed by atoms with Gasteiger partial charge in [0.05, 0.1) is 17.9 Å². The van der Waals surface area contributed by atoms with E-state index in [4.69, 9.17) is 0 Å². The van der Waals surface area contributed by atoms with Gasteiger partial charge in [-0.25, -0.2) is 13.5 Å². The maximum Gasteiger partial charge on any atom is 0.274 e. The number of amides is 1. The molecule has 0 radical (unpaired) electrons. The number of hydrogen-bond donors (Lipinski definition) is 2. The van der Waals surface area contributed by atoms with Crippen LogP contribution in [0.25, 0.3) is 5.69 Å². The summed E-state index contributed by atoms with van der Waals surface area (Å²) in [7, 11) is 1.56. The van der Waals surface area contributed by atoms with Gasteiger partial charge in [0.2, 0.25) is 0 Å². The van der Waals surface area contributed by atoms with E-state index in [9.17, 15) is 33.7 Å². The highest BCUT2D eigenvalue weighted by atomic mass is 19.1. The average molecular weight is 543 g/mol. The van der Waals surface area contributed by atoms with Crippen molar-refractivity contribution in [1.82, 2.24) is 14.7 Å². The first-order chi connectivity index (χ1) is 18.4. The molecule has 2 atom stereocenters. The van der Waals surface area contributed by atoms with E-state index < -0.39 is 36.3 Å². The van der Waals surface area contributed by atoms with Crippen molar-refractivity contribution in [2.45, 2.75) is 71.1 Å². The Balaban J connectivity index is 1.97. The van der Waals surface area contributed by atoms with Crippen LogP contribution >= 0.6 is 0 Å². The number of halogens is 2. The first kappa shape index (κ1) is 29.9. The lowest BCUT2D eigenvalue weighted by molar-refractivity contribution is -0.307. The van der Waals surface area contributed by atoms with Crippen LogP contribution in [-0.4, -0.2) is 56.0 Å². The Morgan fingerprint density at radius 1 is 1.08 bits per heavy atom. The molecule has 0 fully saturated rings. The van der Waals surface area contributed by atoms with Crippen molar-refractivity contribution in [3.63, 3.8) is 0 Å². The van der Waals surface area contributed by atoms with Crippen LogP contribution in [0.5, 0.6) is 0 Å². The van der Waals surface area contributed by atoms with Crippen molar-refractivity contribution in [3.8, 4) is 5.69 Å². The zero-order valence-electron chi connectivity index (χ0n) is 22.5. The van der Waals surface area contributed by atoms with Gasteiger partial charge in [0, 0.05) is 42.8 Å². The molecule has 2 aromatic carbocycles. The second-order valence-electron chi connectivity index (χ2n) is 10.1. The number of aryl methyl sites for hydroxylation is 1. The number of carboxylic acid groups (broad SMARTS) is 1. The van der Waals surface area contributed by atoms with E-state index in [1.165, 1.54) is 33.8 Å². The zero-order valence-corrected chi connectivity index (χ0v) is 22.5. The molecule has 1 heterocycles. The van der Waals surface area contributed by atoms with Crippen molar-refractivity contribution in [3.05, 3.63) is 82.2 Å². The molecule has 8 nitrogen and oxygen atoms in total. The van der Waals surface area contributed by atoms with Gasteiger partial charge in [-0.15, -0.1) is 0 Å². The maximum absolute atomic E-state index is 14.6. The van der Waals surface area contributed by atoms with Crippen molar-refractivity contribution in [2.75, 3.05) is 7.05 Å². The molecule has 10 heteroatoms. The van der Waals surface area contributed by atoms with E-state index in [0.29, 0.717) is 28.1 Å². The maximum atomic E-state index is 14.6. The first-order valence-electron chi connectivity index (χ1n) is 12.8. The molecule has 0 unspecified atom stereocenters. The summed E-state index contributed by atoms with van der Waals surface area (Å²) < 4.78 is 29.8. The number of hydrogen-bond acceptors (Lipinski definition) is 6. The monoisotopic (exact) mass is 542 g/mol. The Morgan fingerprint density at radius 2 is 1.74 bits per heavy atom. The molecule has 2 N–H and O–H groups in total. The van der Waals surface area contributed by atoms with E-state index in [-0.39, 0.29) is 43.2 Å². The molecule has 0 aliphatic rings. The van der Waals surface area contributed by atoms with E-state index in [0.717, 1.165) is 0 Å². The molecule has 0 bridgehead atoms. The highest BCUT2D eigenvalue weighted by molar-refractivity contribution is 5.94. The lowest BCUT2D eigenvalue weighted by Crippen LogP contribution is -2.29. The van der Waals surface area contributed by atoms with Gasteiger partial charge in [0.25, 0.3) is 5.91 Å². The van der Waals surface area contributed by atoms with Crippen LogP contribution in [0.4, 0.5) is 8.78 Å². The van der Waals surface area contributed by atoms with Crippen LogP contribution in [0, 0.1) is 18.6 Å². The van der Waals surface area contributed by atoms with Crippen LogP contribution in [-0.2, 0) is 17.8 Å². The number of aromatic nitrogens is 2. The smallest absolute Gasteiger partial charge is 0.274 e. The highest BCUT2D eigenvalue weighted by Crippen LogP contribution is 2.29. The van der Waals surface area contributed by atoms with Gasteiger partial charge in [-0.2, -0.15) is 5.10 Å². The normalized spacial score (nSPS) is 12.9. The Kier molecular flexibility index (Phi) is 9.93. The summed E-state index contributed by atoms with van der Waals surface area (Å²) in [6.07, 6.45) is -2.65. The van der Waals surface area contributed by atoms with Gasteiger partial charge in [-0.05, 0) is 61.9 Å². The van der Waals surface area contributed by atoms with Gasteiger partial charge in [0.15, 0.2) is 5.69 Å². The summed E-state index contributed by atoms with van der Waals surface area (Å²) in [6.45, 7) is 5.47. The van der Waals surface area contributed by atoms with Gasteiger partial charge in [-0.1, -0.05) is 32.0 Å². The summed E-state index contributed by atoms with van der Waals surface area (Å²) in [5.41, 5.74) is 2.75. The summed E-state index contributed by atoms with van der Waals surface area (Å²) in [5.74, 6) is -2.83. The number of carbonyl (C=O) groups is 2. The number of carboxylic acids is 1. The quantitative estimate of drug-likeness (QED) is 0.363. The number of aliphatic hydroxyl groups is 2. The van der Waals surface area contributed by atoms with E-state index in [1.54, 1.807) is 32.2 Å². The fraction of sp³-hybridized carbons (Fsp3) is 0.414. The molecule has 0 saturated carbocycles. The molecule has 0 aliphatic carbocycles. The molecule has 3 rings (SSSR count). The van der Waals surface area contributed by atoms with Crippen molar-refractivity contribution < 1.29 is 33.7 Å². The number of rotatable bonds is 12. The van der Waals surface area contributed by atoms with E-state index in [1.807, 2.05) is 13.8 Å². The molecule has 1 amide bonds. The summed E-state index contributed by atoms with van der Waals surface area (Å²) in [5, 5.41) is 35.7. The fourth-order valence-corrected chi connectivity index (χ4v) is 4.62. The number of carbonyl (C=O) groups excluding carboxylic acids is 2. The van der Waals surface area contributed by atoms with Crippen LogP contribution < -0.4 is 5.11 Å². The van der Waals surface area contributed by atoms with Gasteiger partial charge in [-0.3, -0.25) is 4.79 Å². The molecule has 3 aromatic rings. The molecule has 39 heavy (non-hydrogen) atoms. The number of benzene rings is 2. The zero-order chi connectivity index (χ0) is 28.9. The molecule has 0 spiro atoms. The third-order valence-corrected chi connectivity index (χ3v) is 6.56. The molecule has 210 valence electrons. The Bertz CT molecular complexity index is 1310. The van der Waals surface area contributed by atoms with Gasteiger partial charge < -0.3 is 25.0 Å². The first-order valence-corrected chi connectivity index (χ1v) is 12.8. The average Bonchev–Trinajstić information content (AvgIpc) is 3.24. The minimum atomic E-state index is -1.41. The van der Waals surface area contributed by atoms with E-state index >= 15 is 0 Å². The van der Waals surface area contributed by atoms with Crippen LogP contribution in [0.1, 0.15) is 71.9 Å². The number of aliphatic carboxylic acids is 1. The molecule has 1 aromatic heterocycles. The molecule has 0 saturated heterocycles. The standard InChI is InChI=1S/C29H35F2N3O5/c1-17(2)26-24(13-12-22(35)14-23(36)15-25(37)38)34(21-10-8-20(30)9-11-21)32-28(26)29(39)33(4)16-19-7-5-6-18(3)27(19)31/h5-11,17,22-23,35-36H,12-16H2,1-4H3,(H,37,38)/p-1/t22-,23-/m1/s1. The number of nitrogens with zero attached hydrogens (tertiary/aromatic N) is 3. The minimum absolute atomic E-state index is 0.0255. The number of aliphatic hydroxyl groups excluding tert-OH is 2. The van der Waals surface area contributed by atoms with E-state index in [2.05, 4.69) is 5.10 Å². The van der Waals surface area contributed by atoms with Crippen LogP contribution in [0.2, 0.25) is 0 Å². The predicted molar refractivity (Wildman–Crippen MR) is 139 cm³/mol. The van der Waals surface area contributed by atoms with Gasteiger partial charge >= 0.3 is 0 Å². The SMILES string of the molecule is Cc1cccc(CN(C)C(=O)c2nn(-c3ccc(F)cc3)c(CC[C@@H](O)C[C@@H](O)CC(=O)[O-])c2C(C)C)c1F. The third kappa shape index (κ3) is 7.48. The Morgan fingerprint density at radius 3 is 2.36 bits per heavy atom. The van der Waals surface area contributed by atoms with Crippen molar-refractivity contribution in [2.24, 2.45) is 0 Å². The minimum Gasteiger partial charge on any atom is -0.550 e. The lowest BCUT2D eigenvalue weighted by atomic mass is 9.95. The summed E-state index contributed by atoms with van der Waals surface area (Å²) in [4.78, 5) is 25.8. The summed E-state index contributed by atoms with van der Waals surface area (Å²) >= 11 is 0. The third-order valence-electron chi connectivity index (χ3n) is 6.56. The van der Waals surface area contributed by atoms with Crippen molar-refractivity contribution in [1.29, 1.82) is 0 Å². The van der Waals surface area contributed by atoms with Crippen molar-refractivity contribution >= 4 is 11.9 Å². The predicted octanol–water partition coefficient (Wildman–Crippen LogP) is 3.04. The second kappa shape index (κ2) is 12.9. The summed E-state index contributed by atoms with van der Waals surface area (Å²) in [6, 6.07) is 10.6. The van der Waals surface area contributed by atoms with Gasteiger partial charge in [0.1, 0.15) is 11.6 Å². The highest BCUT2D eigenvalue weighted by Gasteiger charge is 2.28. The molecular formula is C29H34F2N3O5-. The van der Waals surface area contributed by atoms with Crippen LogP contribution in [0.3, 0.4) is 0 Å². The van der Waals surface area contributed by atoms with Crippen LogP contribution in [0.15, 0.2) is 42.5 Å². The topological polar surface area (TPSA) is 119 Å². The Labute approximate surface area is 226 Å². The fourth-order valence-electron chi connectivity index (χ4n) is 4.62. The molecular weight excluding hydrogens is 508 g/mol. The lowest BCUT2D eigenvalue weighted by Gasteiger charge is -2.19. The Hall–Kier alpha value is -3.63.